The van der Waals surface area contributed by atoms with Crippen molar-refractivity contribution in [2.45, 2.75) is 20.0 Å². The molecule has 0 aliphatic rings. The van der Waals surface area contributed by atoms with Crippen molar-refractivity contribution in [3.63, 3.8) is 0 Å². The summed E-state index contributed by atoms with van der Waals surface area (Å²) in [6, 6.07) is 7.25. The van der Waals surface area contributed by atoms with Gasteiger partial charge in [-0.25, -0.2) is 0 Å². The highest BCUT2D eigenvalue weighted by molar-refractivity contribution is 6.30. The second kappa shape index (κ2) is 5.29. The molecule has 0 aliphatic heterocycles. The molecule has 1 heterocycles. The van der Waals surface area contributed by atoms with E-state index in [1.807, 2.05) is 26.0 Å². The molecule has 0 radical (unpaired) electrons. The quantitative estimate of drug-likeness (QED) is 0.836. The van der Waals surface area contributed by atoms with E-state index in [-0.39, 0.29) is 6.10 Å². The van der Waals surface area contributed by atoms with Crippen LogP contribution >= 0.6 is 11.6 Å². The minimum Gasteiger partial charge on any atom is -0.418 e. The number of aromatic nitrogens is 2. The van der Waals surface area contributed by atoms with Gasteiger partial charge in [0.25, 0.3) is 0 Å². The first kappa shape index (κ1) is 12.1. The predicted molar refractivity (Wildman–Crippen MR) is 64.8 cm³/mol. The average molecular weight is 253 g/mol. The van der Waals surface area contributed by atoms with E-state index in [1.54, 1.807) is 12.1 Å². The smallest absolute Gasteiger partial charge is 0.247 e. The lowest BCUT2D eigenvalue weighted by Crippen LogP contribution is -1.99. The van der Waals surface area contributed by atoms with E-state index in [0.717, 1.165) is 5.56 Å². The number of nitrogens with zero attached hydrogens (tertiary/aromatic N) is 2. The van der Waals surface area contributed by atoms with Crippen LogP contribution in [0.15, 0.2) is 28.7 Å². The first-order valence-corrected chi connectivity index (χ1v) is 5.79. The molecule has 1 unspecified atom stereocenters. The Morgan fingerprint density at radius 1 is 1.29 bits per heavy atom. The first-order chi connectivity index (χ1) is 8.20. The van der Waals surface area contributed by atoms with Gasteiger partial charge in [-0.1, -0.05) is 11.6 Å². The van der Waals surface area contributed by atoms with Gasteiger partial charge in [0, 0.05) is 17.2 Å². The number of benzene rings is 1. The van der Waals surface area contributed by atoms with Crippen molar-refractivity contribution in [2.75, 3.05) is 6.61 Å². The van der Waals surface area contributed by atoms with Crippen LogP contribution in [0.4, 0.5) is 0 Å². The van der Waals surface area contributed by atoms with Gasteiger partial charge in [-0.15, -0.1) is 10.2 Å². The van der Waals surface area contributed by atoms with Crippen molar-refractivity contribution >= 4 is 11.6 Å². The number of halogens is 1. The minimum absolute atomic E-state index is 0.187. The topological polar surface area (TPSA) is 48.2 Å². The van der Waals surface area contributed by atoms with Crippen molar-refractivity contribution < 1.29 is 9.15 Å². The zero-order chi connectivity index (χ0) is 12.3. The van der Waals surface area contributed by atoms with Crippen LogP contribution in [0.2, 0.25) is 5.02 Å². The molecule has 17 heavy (non-hydrogen) atoms. The highest BCUT2D eigenvalue weighted by Crippen LogP contribution is 2.23. The second-order valence-corrected chi connectivity index (χ2v) is 3.99. The molecule has 2 rings (SSSR count). The van der Waals surface area contributed by atoms with Crippen LogP contribution in [-0.2, 0) is 4.74 Å². The van der Waals surface area contributed by atoms with Gasteiger partial charge in [0.2, 0.25) is 11.8 Å². The fourth-order valence-electron chi connectivity index (χ4n) is 1.43. The maximum absolute atomic E-state index is 5.81. The third kappa shape index (κ3) is 2.84. The van der Waals surface area contributed by atoms with Crippen molar-refractivity contribution in [2.24, 2.45) is 0 Å². The van der Waals surface area contributed by atoms with Crippen LogP contribution in [0.25, 0.3) is 11.5 Å². The molecule has 0 N–H and O–H groups in total. The summed E-state index contributed by atoms with van der Waals surface area (Å²) in [4.78, 5) is 0. The molecule has 0 saturated heterocycles. The molecule has 0 saturated carbocycles. The molecule has 4 nitrogen and oxygen atoms in total. The summed E-state index contributed by atoms with van der Waals surface area (Å²) in [6.45, 7) is 4.41. The van der Waals surface area contributed by atoms with Gasteiger partial charge in [-0.3, -0.25) is 0 Å². The van der Waals surface area contributed by atoms with Gasteiger partial charge in [0.05, 0.1) is 0 Å². The Morgan fingerprint density at radius 3 is 2.65 bits per heavy atom. The number of ether oxygens (including phenoxy) is 1. The Hall–Kier alpha value is -1.39. The van der Waals surface area contributed by atoms with E-state index in [9.17, 15) is 0 Å². The van der Waals surface area contributed by atoms with Crippen molar-refractivity contribution in [3.8, 4) is 11.5 Å². The summed E-state index contributed by atoms with van der Waals surface area (Å²) in [6.07, 6.45) is -0.187. The Labute approximate surface area is 105 Å². The molecule has 0 aliphatic carbocycles. The molecule has 1 aromatic carbocycles. The molecule has 1 aromatic heterocycles. The standard InChI is InChI=1S/C12H13ClN2O2/c1-3-16-8(2)11-14-15-12(17-11)9-4-6-10(13)7-5-9/h4-8H,3H2,1-2H3. The molecule has 0 spiro atoms. The average Bonchev–Trinajstić information content (AvgIpc) is 2.80. The monoisotopic (exact) mass is 252 g/mol. The molecule has 0 bridgehead atoms. The van der Waals surface area contributed by atoms with Crippen molar-refractivity contribution in [1.82, 2.24) is 10.2 Å². The number of hydrogen-bond acceptors (Lipinski definition) is 4. The lowest BCUT2D eigenvalue weighted by molar-refractivity contribution is 0.0568. The maximum atomic E-state index is 5.81. The summed E-state index contributed by atoms with van der Waals surface area (Å²) < 4.78 is 10.9. The summed E-state index contributed by atoms with van der Waals surface area (Å²) in [5, 5.41) is 8.62. The molecular formula is C12H13ClN2O2. The van der Waals surface area contributed by atoms with E-state index in [4.69, 9.17) is 20.8 Å². The number of hydrogen-bond donors (Lipinski definition) is 0. The molecule has 5 heteroatoms. The Morgan fingerprint density at radius 2 is 2.00 bits per heavy atom. The predicted octanol–water partition coefficient (Wildman–Crippen LogP) is 3.49. The molecule has 1 atom stereocenters. The Balaban J connectivity index is 2.20. The maximum Gasteiger partial charge on any atom is 0.247 e. The van der Waals surface area contributed by atoms with Crippen LogP contribution in [-0.4, -0.2) is 16.8 Å². The fraction of sp³-hybridized carbons (Fsp3) is 0.333. The van der Waals surface area contributed by atoms with Gasteiger partial charge < -0.3 is 9.15 Å². The van der Waals surface area contributed by atoms with E-state index >= 15 is 0 Å². The third-order valence-electron chi connectivity index (χ3n) is 2.30. The van der Waals surface area contributed by atoms with Crippen molar-refractivity contribution in [1.29, 1.82) is 0 Å². The van der Waals surface area contributed by atoms with E-state index in [0.29, 0.717) is 23.4 Å². The van der Waals surface area contributed by atoms with Gasteiger partial charge in [0.15, 0.2) is 0 Å². The molecule has 2 aromatic rings. The zero-order valence-corrected chi connectivity index (χ0v) is 10.4. The first-order valence-electron chi connectivity index (χ1n) is 5.41. The normalized spacial score (nSPS) is 12.6. The summed E-state index contributed by atoms with van der Waals surface area (Å²) in [5.74, 6) is 0.958. The van der Waals surface area contributed by atoms with Gasteiger partial charge in [0.1, 0.15) is 6.10 Å². The van der Waals surface area contributed by atoms with E-state index < -0.39 is 0 Å². The van der Waals surface area contributed by atoms with Gasteiger partial charge >= 0.3 is 0 Å². The summed E-state index contributed by atoms with van der Waals surface area (Å²) >= 11 is 5.81. The van der Waals surface area contributed by atoms with Crippen LogP contribution in [0.3, 0.4) is 0 Å². The largest absolute Gasteiger partial charge is 0.418 e. The molecule has 0 fully saturated rings. The third-order valence-corrected chi connectivity index (χ3v) is 2.55. The molecule has 90 valence electrons. The Bertz CT molecular complexity index is 482. The van der Waals surface area contributed by atoms with E-state index in [1.165, 1.54) is 0 Å². The second-order valence-electron chi connectivity index (χ2n) is 3.55. The summed E-state index contributed by atoms with van der Waals surface area (Å²) in [5.41, 5.74) is 0.844. The SMILES string of the molecule is CCOC(C)c1nnc(-c2ccc(Cl)cc2)o1. The van der Waals surface area contributed by atoms with Crippen LogP contribution in [0.1, 0.15) is 25.8 Å². The summed E-state index contributed by atoms with van der Waals surface area (Å²) in [7, 11) is 0. The van der Waals surface area contributed by atoms with Crippen molar-refractivity contribution in [3.05, 3.63) is 35.2 Å². The zero-order valence-electron chi connectivity index (χ0n) is 9.68. The highest BCUT2D eigenvalue weighted by atomic mass is 35.5. The fourth-order valence-corrected chi connectivity index (χ4v) is 1.56. The minimum atomic E-state index is -0.187. The molecule has 0 amide bonds. The highest BCUT2D eigenvalue weighted by Gasteiger charge is 2.14. The number of rotatable bonds is 4. The van der Waals surface area contributed by atoms with Crippen LogP contribution < -0.4 is 0 Å². The van der Waals surface area contributed by atoms with Gasteiger partial charge in [-0.05, 0) is 38.1 Å². The van der Waals surface area contributed by atoms with Gasteiger partial charge in [-0.2, -0.15) is 0 Å². The lowest BCUT2D eigenvalue weighted by Gasteiger charge is -2.04. The van der Waals surface area contributed by atoms with E-state index in [2.05, 4.69) is 10.2 Å². The Kier molecular flexibility index (Phi) is 3.76. The van der Waals surface area contributed by atoms with Crippen LogP contribution in [0.5, 0.6) is 0 Å². The van der Waals surface area contributed by atoms with Crippen LogP contribution in [0, 0.1) is 0 Å². The molecular weight excluding hydrogens is 240 g/mol. The lowest BCUT2D eigenvalue weighted by atomic mass is 10.2.